The predicted octanol–water partition coefficient (Wildman–Crippen LogP) is 4.21. The summed E-state index contributed by atoms with van der Waals surface area (Å²) in [7, 11) is 2.73. The molecular weight excluding hydrogens is 689 g/mol. The van der Waals surface area contributed by atoms with Crippen LogP contribution in [0.3, 0.4) is 0 Å². The van der Waals surface area contributed by atoms with E-state index in [1.165, 1.54) is 31.0 Å². The lowest BCUT2D eigenvalue weighted by molar-refractivity contribution is -0.149. The highest BCUT2D eigenvalue weighted by molar-refractivity contribution is 7.17. The van der Waals surface area contributed by atoms with Crippen molar-refractivity contribution >= 4 is 50.9 Å². The average Bonchev–Trinajstić information content (AvgIpc) is 3.55. The molecule has 0 radical (unpaired) electrons. The number of ether oxygens (including phenoxy) is 2. The molecule has 4 rings (SSSR count). The summed E-state index contributed by atoms with van der Waals surface area (Å²) in [6, 6.07) is -0.121. The number of aromatic nitrogens is 3. The van der Waals surface area contributed by atoms with Crippen LogP contribution < -0.4 is 21.4 Å². The smallest absolute Gasteiger partial charge is 0.422 e. The maximum absolute atomic E-state index is 15.2. The van der Waals surface area contributed by atoms with Crippen molar-refractivity contribution in [3.63, 3.8) is 0 Å². The van der Waals surface area contributed by atoms with Gasteiger partial charge in [0.15, 0.2) is 11.5 Å². The molecular formula is C29H28F5N5O7S2. The number of aryl methyl sites for hydroxylation is 1. The first-order valence-corrected chi connectivity index (χ1v) is 15.6. The van der Waals surface area contributed by atoms with E-state index in [4.69, 9.17) is 9.47 Å². The minimum atomic E-state index is -5.40. The Kier molecular flexibility index (Phi) is 10.1. The zero-order chi connectivity index (χ0) is 35.9. The summed E-state index contributed by atoms with van der Waals surface area (Å²) in [5.41, 5.74) is -5.09. The zero-order valence-electron chi connectivity index (χ0n) is 26.2. The second kappa shape index (κ2) is 13.5. The Morgan fingerprint density at radius 2 is 1.69 bits per heavy atom. The fraction of sp³-hybridized carbons (Fsp3) is 0.379. The van der Waals surface area contributed by atoms with E-state index in [1.807, 2.05) is 0 Å². The summed E-state index contributed by atoms with van der Waals surface area (Å²) >= 11 is 1.72. The van der Waals surface area contributed by atoms with Crippen LogP contribution in [-0.4, -0.2) is 43.3 Å². The maximum Gasteiger partial charge on any atom is 0.422 e. The first-order valence-electron chi connectivity index (χ1n) is 13.8. The molecule has 0 unspecified atom stereocenters. The van der Waals surface area contributed by atoms with Crippen LogP contribution in [-0.2, 0) is 52.5 Å². The van der Waals surface area contributed by atoms with E-state index in [0.29, 0.717) is 22.2 Å². The Hall–Kier alpha value is -4.65. The van der Waals surface area contributed by atoms with Gasteiger partial charge in [-0.25, -0.2) is 23.2 Å². The molecule has 2 amide bonds. The number of halogens is 5. The number of thiazole rings is 1. The predicted molar refractivity (Wildman–Crippen MR) is 164 cm³/mol. The summed E-state index contributed by atoms with van der Waals surface area (Å²) in [5, 5.41) is 5.00. The van der Waals surface area contributed by atoms with E-state index in [0.717, 1.165) is 31.9 Å². The molecule has 258 valence electrons. The minimum Gasteiger partial charge on any atom is -0.444 e. The third kappa shape index (κ3) is 7.56. The number of esters is 1. The molecule has 0 saturated heterocycles. The van der Waals surface area contributed by atoms with Crippen molar-refractivity contribution in [2.24, 2.45) is 19.1 Å². The zero-order valence-corrected chi connectivity index (χ0v) is 27.8. The lowest BCUT2D eigenvalue weighted by Crippen LogP contribution is -2.42. The lowest BCUT2D eigenvalue weighted by atomic mass is 10.1. The highest BCUT2D eigenvalue weighted by Crippen LogP contribution is 2.37. The van der Waals surface area contributed by atoms with Crippen molar-refractivity contribution in [2.75, 3.05) is 0 Å². The lowest BCUT2D eigenvalue weighted by Gasteiger charge is -2.21. The van der Waals surface area contributed by atoms with Crippen molar-refractivity contribution < 1.29 is 45.8 Å². The highest BCUT2D eigenvalue weighted by Gasteiger charge is 2.39. The Balaban J connectivity index is 1.74. The largest absolute Gasteiger partial charge is 0.444 e. The first-order chi connectivity index (χ1) is 22.2. The fourth-order valence-electron chi connectivity index (χ4n) is 4.43. The maximum atomic E-state index is 15.2. The second-order valence-electron chi connectivity index (χ2n) is 11.4. The molecule has 1 atom stereocenters. The van der Waals surface area contributed by atoms with Gasteiger partial charge in [-0.2, -0.15) is 18.2 Å². The Bertz CT molecular complexity index is 2120. The van der Waals surface area contributed by atoms with Crippen LogP contribution in [0, 0.1) is 11.6 Å². The van der Waals surface area contributed by atoms with Gasteiger partial charge in [-0.15, -0.1) is 22.7 Å². The molecule has 0 aliphatic rings. The monoisotopic (exact) mass is 717 g/mol. The van der Waals surface area contributed by atoms with Crippen LogP contribution in [0.2, 0.25) is 0 Å². The van der Waals surface area contributed by atoms with Gasteiger partial charge >= 0.3 is 23.9 Å². The minimum absolute atomic E-state index is 0.112. The number of fused-ring (bicyclic) bond motifs is 1. The number of alkyl carbamates (subject to hydrolysis) is 1. The standard InChI is InChI=1S/C29H28F5N5O7S2/c1-13(35-26(43)46-28(2,3)4)24(42)45-12-39-17(15-7-8-16(30)20(21(15)31)29(32,33)34)11-48-25(39)36-18(40)9-14-10-47-23-19(14)22(41)37(5)27(44)38(23)6/h7-8,10-11,13H,9,12H2,1-6H3,(H,35,43)/b36-25-/t13-/m0/s1. The van der Waals surface area contributed by atoms with E-state index < -0.39 is 83.0 Å². The molecule has 1 N–H and O–H groups in total. The molecule has 19 heteroatoms. The Labute approximate surface area is 275 Å². The van der Waals surface area contributed by atoms with Gasteiger partial charge < -0.3 is 14.8 Å². The van der Waals surface area contributed by atoms with Gasteiger partial charge in [-0.1, -0.05) is 0 Å². The van der Waals surface area contributed by atoms with E-state index >= 15 is 4.39 Å². The van der Waals surface area contributed by atoms with Crippen LogP contribution in [0.25, 0.3) is 21.5 Å². The molecule has 3 aromatic heterocycles. The van der Waals surface area contributed by atoms with Crippen LogP contribution in [0.4, 0.5) is 26.7 Å². The van der Waals surface area contributed by atoms with Gasteiger partial charge in [-0.05, 0) is 50.8 Å². The number of thiophene rings is 1. The number of hydrogen-bond acceptors (Lipinski definition) is 9. The van der Waals surface area contributed by atoms with E-state index in [2.05, 4.69) is 10.3 Å². The number of amides is 2. The third-order valence-electron chi connectivity index (χ3n) is 6.68. The van der Waals surface area contributed by atoms with Gasteiger partial charge in [0.25, 0.3) is 11.5 Å². The Morgan fingerprint density at radius 1 is 1.02 bits per heavy atom. The van der Waals surface area contributed by atoms with E-state index in [9.17, 15) is 41.5 Å². The average molecular weight is 718 g/mol. The summed E-state index contributed by atoms with van der Waals surface area (Å²) in [6.45, 7) is 5.22. The highest BCUT2D eigenvalue weighted by atomic mass is 32.1. The van der Waals surface area contributed by atoms with Crippen LogP contribution in [0.15, 0.2) is 37.5 Å². The molecule has 48 heavy (non-hydrogen) atoms. The van der Waals surface area contributed by atoms with Crippen molar-refractivity contribution in [3.8, 4) is 11.3 Å². The van der Waals surface area contributed by atoms with Gasteiger partial charge in [0, 0.05) is 25.0 Å². The topological polar surface area (TPSA) is 143 Å². The normalized spacial score (nSPS) is 13.1. The van der Waals surface area contributed by atoms with Gasteiger partial charge in [0.05, 0.1) is 17.5 Å². The molecule has 0 saturated carbocycles. The van der Waals surface area contributed by atoms with Crippen molar-refractivity contribution in [1.82, 2.24) is 19.0 Å². The molecule has 1 aromatic carbocycles. The summed E-state index contributed by atoms with van der Waals surface area (Å²) < 4.78 is 83.2. The number of carbonyl (C=O) groups is 3. The van der Waals surface area contributed by atoms with Gasteiger partial charge in [0.2, 0.25) is 0 Å². The summed E-state index contributed by atoms with van der Waals surface area (Å²) in [5.74, 6) is -5.70. The van der Waals surface area contributed by atoms with Gasteiger partial charge in [-0.3, -0.25) is 23.3 Å². The van der Waals surface area contributed by atoms with E-state index in [1.54, 1.807) is 20.8 Å². The van der Waals surface area contributed by atoms with Gasteiger partial charge in [0.1, 0.15) is 33.7 Å². The number of nitrogens with zero attached hydrogens (tertiary/aromatic N) is 4. The van der Waals surface area contributed by atoms with Crippen LogP contribution >= 0.6 is 22.7 Å². The molecule has 0 aliphatic heterocycles. The third-order valence-corrected chi connectivity index (χ3v) is 8.64. The first kappa shape index (κ1) is 36.2. The Morgan fingerprint density at radius 3 is 2.31 bits per heavy atom. The second-order valence-corrected chi connectivity index (χ2v) is 13.1. The summed E-state index contributed by atoms with van der Waals surface area (Å²) in [4.78, 5) is 67.1. The van der Waals surface area contributed by atoms with Crippen LogP contribution in [0.5, 0.6) is 0 Å². The van der Waals surface area contributed by atoms with Crippen LogP contribution in [0.1, 0.15) is 38.8 Å². The quantitative estimate of drug-likeness (QED) is 0.223. The number of hydrogen-bond donors (Lipinski definition) is 1. The number of benzene rings is 1. The number of nitrogens with one attached hydrogen (secondary N) is 1. The summed E-state index contributed by atoms with van der Waals surface area (Å²) in [6.07, 6.45) is -6.78. The molecule has 0 fully saturated rings. The fourth-order valence-corrected chi connectivity index (χ4v) is 6.36. The van der Waals surface area contributed by atoms with Crippen molar-refractivity contribution in [2.45, 2.75) is 58.7 Å². The number of carbonyl (C=O) groups excluding carboxylic acids is 3. The molecule has 0 spiro atoms. The number of alkyl halides is 3. The molecule has 0 bridgehead atoms. The molecule has 12 nitrogen and oxygen atoms in total. The number of rotatable bonds is 7. The molecule has 3 heterocycles. The van der Waals surface area contributed by atoms with Crippen molar-refractivity contribution in [1.29, 1.82) is 0 Å². The molecule has 0 aliphatic carbocycles. The SMILES string of the molecule is C[C@H](NC(=O)OC(C)(C)C)C(=O)OCn1c(-c2ccc(F)c(C(F)(F)F)c2F)cs/c1=N\C(=O)Cc1csc2c1c(=O)n(C)c(=O)n2C. The van der Waals surface area contributed by atoms with E-state index in [-0.39, 0.29) is 21.4 Å². The molecule has 4 aromatic rings. The van der Waals surface area contributed by atoms with Crippen molar-refractivity contribution in [3.05, 3.63) is 71.3 Å².